The molecule has 1 aliphatic carbocycles. The topological polar surface area (TPSA) is 94.7 Å². The molecule has 0 spiro atoms. The van der Waals surface area contributed by atoms with Gasteiger partial charge in [-0.1, -0.05) is 18.2 Å². The van der Waals surface area contributed by atoms with E-state index in [9.17, 15) is 9.59 Å². The minimum atomic E-state index is -0.330. The smallest absolute Gasteiger partial charge is 0.273 e. The fraction of sp³-hybridized carbons (Fsp3) is 0.316. The van der Waals surface area contributed by atoms with E-state index in [0.717, 1.165) is 42.6 Å². The normalized spacial score (nSPS) is 13.2. The van der Waals surface area contributed by atoms with E-state index in [1.54, 1.807) is 6.07 Å². The highest BCUT2D eigenvalue weighted by atomic mass is 16.2. The van der Waals surface area contributed by atoms with E-state index < -0.39 is 0 Å². The first-order valence-electron chi connectivity index (χ1n) is 9.06. The van der Waals surface area contributed by atoms with Gasteiger partial charge in [-0.2, -0.15) is 15.0 Å². The molecule has 1 aliphatic rings. The molecule has 8 nitrogen and oxygen atoms in total. The molecule has 27 heavy (non-hydrogen) atoms. The van der Waals surface area contributed by atoms with Crippen LogP contribution in [0.25, 0.3) is 5.69 Å². The highest BCUT2D eigenvalue weighted by Gasteiger charge is 2.14. The van der Waals surface area contributed by atoms with E-state index in [-0.39, 0.29) is 17.2 Å². The zero-order valence-corrected chi connectivity index (χ0v) is 14.8. The first-order chi connectivity index (χ1) is 13.2. The number of carbonyl (C=O) groups excluding carboxylic acids is 1. The largest absolute Gasteiger partial charge is 0.349 e. The number of amides is 1. The average Bonchev–Trinajstić information content (AvgIpc) is 3.19. The van der Waals surface area contributed by atoms with Crippen LogP contribution in [0, 0.1) is 0 Å². The first-order valence-corrected chi connectivity index (χ1v) is 9.06. The number of hydrogen-bond donors (Lipinski definition) is 1. The molecular formula is C19H20N6O2. The first kappa shape index (κ1) is 17.1. The summed E-state index contributed by atoms with van der Waals surface area (Å²) in [4.78, 5) is 25.8. The Morgan fingerprint density at radius 1 is 1.11 bits per heavy atom. The number of para-hydroxylation sites is 1. The predicted molar refractivity (Wildman–Crippen MR) is 98.8 cm³/mol. The molecule has 138 valence electrons. The molecule has 1 aromatic carbocycles. The van der Waals surface area contributed by atoms with Crippen LogP contribution in [-0.2, 0) is 19.4 Å². The van der Waals surface area contributed by atoms with Gasteiger partial charge in [0.05, 0.1) is 24.1 Å². The van der Waals surface area contributed by atoms with E-state index in [1.165, 1.54) is 15.7 Å². The summed E-state index contributed by atoms with van der Waals surface area (Å²) in [5, 5.41) is 15.5. The molecule has 0 unspecified atom stereocenters. The van der Waals surface area contributed by atoms with E-state index in [2.05, 4.69) is 20.6 Å². The van der Waals surface area contributed by atoms with Crippen LogP contribution < -0.4 is 10.9 Å². The van der Waals surface area contributed by atoms with Crippen molar-refractivity contribution in [3.63, 3.8) is 0 Å². The molecule has 0 bridgehead atoms. The highest BCUT2D eigenvalue weighted by Crippen LogP contribution is 2.16. The van der Waals surface area contributed by atoms with Gasteiger partial charge >= 0.3 is 0 Å². The Bertz CT molecular complexity index is 1010. The summed E-state index contributed by atoms with van der Waals surface area (Å²) in [6, 6.07) is 11.0. The number of rotatable bonds is 5. The number of aryl methyl sites for hydroxylation is 2. The molecule has 2 aromatic heterocycles. The number of fused-ring (bicyclic) bond motifs is 1. The van der Waals surface area contributed by atoms with Gasteiger partial charge in [0.25, 0.3) is 11.5 Å². The molecule has 0 saturated heterocycles. The standard InChI is InChI=1S/C19H20N6O2/c26-18-12-14-6-4-5-9-16(14)22-24(18)11-10-20-19(27)17-13-21-25(23-17)15-7-2-1-3-8-15/h1-3,7-8,12-13H,4-6,9-11H2,(H,20,27). The molecule has 0 aliphatic heterocycles. The van der Waals surface area contributed by atoms with Crippen molar-refractivity contribution in [1.29, 1.82) is 0 Å². The number of hydrogen-bond acceptors (Lipinski definition) is 5. The van der Waals surface area contributed by atoms with Gasteiger partial charge in [0.2, 0.25) is 0 Å². The van der Waals surface area contributed by atoms with Crippen LogP contribution in [0.15, 0.2) is 47.4 Å². The SMILES string of the molecule is O=C(NCCn1nc2c(cc1=O)CCCC2)c1cnn(-c2ccccc2)n1. The van der Waals surface area contributed by atoms with Gasteiger partial charge < -0.3 is 5.32 Å². The summed E-state index contributed by atoms with van der Waals surface area (Å²) in [5.41, 5.74) is 2.94. The maximum atomic E-state index is 12.3. The lowest BCUT2D eigenvalue weighted by Gasteiger charge is -2.15. The quantitative estimate of drug-likeness (QED) is 0.732. The lowest BCUT2D eigenvalue weighted by molar-refractivity contribution is 0.0946. The Hall–Kier alpha value is -3.29. The molecule has 1 amide bonds. The molecule has 3 aromatic rings. The van der Waals surface area contributed by atoms with Crippen molar-refractivity contribution in [3.8, 4) is 5.69 Å². The van der Waals surface area contributed by atoms with Crippen molar-refractivity contribution in [2.24, 2.45) is 0 Å². The van der Waals surface area contributed by atoms with Gasteiger partial charge in [-0.25, -0.2) is 4.68 Å². The van der Waals surface area contributed by atoms with Crippen LogP contribution in [0.3, 0.4) is 0 Å². The van der Waals surface area contributed by atoms with Crippen LogP contribution in [-0.4, -0.2) is 37.2 Å². The summed E-state index contributed by atoms with van der Waals surface area (Å²) < 4.78 is 1.42. The van der Waals surface area contributed by atoms with Crippen molar-refractivity contribution in [2.45, 2.75) is 32.2 Å². The lowest BCUT2D eigenvalue weighted by atomic mass is 9.97. The van der Waals surface area contributed by atoms with Crippen LogP contribution in [0.4, 0.5) is 0 Å². The van der Waals surface area contributed by atoms with E-state index in [0.29, 0.717) is 13.1 Å². The summed E-state index contributed by atoms with van der Waals surface area (Å²) in [6.45, 7) is 0.618. The Morgan fingerprint density at radius 3 is 2.78 bits per heavy atom. The Labute approximate surface area is 155 Å². The van der Waals surface area contributed by atoms with E-state index in [4.69, 9.17) is 0 Å². The molecule has 0 fully saturated rings. The van der Waals surface area contributed by atoms with Crippen molar-refractivity contribution in [2.75, 3.05) is 6.54 Å². The van der Waals surface area contributed by atoms with Crippen molar-refractivity contribution < 1.29 is 4.79 Å². The number of nitrogens with one attached hydrogen (secondary N) is 1. The molecular weight excluding hydrogens is 344 g/mol. The zero-order valence-electron chi connectivity index (χ0n) is 14.8. The van der Waals surface area contributed by atoms with E-state index in [1.807, 2.05) is 30.3 Å². The minimum absolute atomic E-state index is 0.125. The van der Waals surface area contributed by atoms with Gasteiger partial charge in [-0.3, -0.25) is 9.59 Å². The third kappa shape index (κ3) is 3.79. The molecule has 0 radical (unpaired) electrons. The monoisotopic (exact) mass is 364 g/mol. The van der Waals surface area contributed by atoms with Crippen LogP contribution in [0.5, 0.6) is 0 Å². The Morgan fingerprint density at radius 2 is 1.93 bits per heavy atom. The number of nitrogens with zero attached hydrogens (tertiary/aromatic N) is 5. The van der Waals surface area contributed by atoms with Gasteiger partial charge in [-0.15, -0.1) is 5.10 Å². The average molecular weight is 364 g/mol. The molecule has 0 saturated carbocycles. The van der Waals surface area contributed by atoms with Gasteiger partial charge in [0, 0.05) is 12.6 Å². The highest BCUT2D eigenvalue weighted by molar-refractivity contribution is 5.91. The third-order valence-corrected chi connectivity index (χ3v) is 4.59. The third-order valence-electron chi connectivity index (χ3n) is 4.59. The maximum absolute atomic E-state index is 12.3. The van der Waals surface area contributed by atoms with Crippen molar-refractivity contribution in [3.05, 3.63) is 69.9 Å². The second-order valence-corrected chi connectivity index (χ2v) is 6.50. The van der Waals surface area contributed by atoms with Crippen molar-refractivity contribution in [1.82, 2.24) is 30.1 Å². The zero-order chi connectivity index (χ0) is 18.6. The van der Waals surface area contributed by atoms with E-state index >= 15 is 0 Å². The number of aromatic nitrogens is 5. The Balaban J connectivity index is 1.38. The Kier molecular flexibility index (Phi) is 4.78. The molecule has 8 heteroatoms. The van der Waals surface area contributed by atoms with Crippen LogP contribution in [0.1, 0.15) is 34.6 Å². The molecule has 2 heterocycles. The van der Waals surface area contributed by atoms with Crippen molar-refractivity contribution >= 4 is 5.91 Å². The predicted octanol–water partition coefficient (Wildman–Crippen LogP) is 1.13. The fourth-order valence-electron chi connectivity index (χ4n) is 3.18. The lowest BCUT2D eigenvalue weighted by Crippen LogP contribution is -2.33. The molecule has 1 N–H and O–H groups in total. The summed E-state index contributed by atoms with van der Waals surface area (Å²) >= 11 is 0. The summed E-state index contributed by atoms with van der Waals surface area (Å²) in [7, 11) is 0. The van der Waals surface area contributed by atoms with Crippen LogP contribution >= 0.6 is 0 Å². The van der Waals surface area contributed by atoms with Crippen LogP contribution in [0.2, 0.25) is 0 Å². The molecule has 0 atom stereocenters. The number of benzene rings is 1. The van der Waals surface area contributed by atoms with Gasteiger partial charge in [0.1, 0.15) is 0 Å². The second kappa shape index (κ2) is 7.53. The minimum Gasteiger partial charge on any atom is -0.349 e. The summed E-state index contributed by atoms with van der Waals surface area (Å²) in [6.07, 6.45) is 5.46. The second-order valence-electron chi connectivity index (χ2n) is 6.50. The van der Waals surface area contributed by atoms with Gasteiger partial charge in [0.15, 0.2) is 5.69 Å². The molecule has 4 rings (SSSR count). The fourth-order valence-corrected chi connectivity index (χ4v) is 3.18. The van der Waals surface area contributed by atoms with Gasteiger partial charge in [-0.05, 0) is 43.4 Å². The maximum Gasteiger partial charge on any atom is 0.273 e. The summed E-state index contributed by atoms with van der Waals surface area (Å²) in [5.74, 6) is -0.330. The number of carbonyl (C=O) groups is 1.